The third-order valence-corrected chi connectivity index (χ3v) is 3.98. The highest BCUT2D eigenvalue weighted by Gasteiger charge is 2.38. The highest BCUT2D eigenvalue weighted by molar-refractivity contribution is 5.82. The van der Waals surface area contributed by atoms with Crippen LogP contribution >= 0.6 is 0 Å². The average Bonchev–Trinajstić information content (AvgIpc) is 2.17. The molecular weight excluding hydrogens is 186 g/mol. The molecule has 2 rings (SSSR count). The number of likely N-dealkylation sites (N-methyl/N-ethyl adjacent to an activating group) is 1. The van der Waals surface area contributed by atoms with Crippen molar-refractivity contribution in [3.8, 4) is 0 Å². The van der Waals surface area contributed by atoms with Gasteiger partial charge in [-0.1, -0.05) is 0 Å². The summed E-state index contributed by atoms with van der Waals surface area (Å²) >= 11 is 0. The van der Waals surface area contributed by atoms with E-state index in [1.165, 1.54) is 37.9 Å². The van der Waals surface area contributed by atoms with Gasteiger partial charge in [0, 0.05) is 25.0 Å². The fourth-order valence-electron chi connectivity index (χ4n) is 2.48. The third kappa shape index (κ3) is 2.33. The number of rotatable bonds is 3. The van der Waals surface area contributed by atoms with E-state index in [1.54, 1.807) is 0 Å². The Balaban J connectivity index is 1.83. The van der Waals surface area contributed by atoms with E-state index in [0.29, 0.717) is 5.54 Å². The van der Waals surface area contributed by atoms with Crippen LogP contribution in [0.4, 0.5) is 0 Å². The molecule has 0 spiro atoms. The molecule has 1 fully saturated rings. The van der Waals surface area contributed by atoms with Gasteiger partial charge >= 0.3 is 0 Å². The lowest BCUT2D eigenvalue weighted by atomic mass is 9.75. The Morgan fingerprint density at radius 3 is 2.53 bits per heavy atom. The van der Waals surface area contributed by atoms with Crippen LogP contribution < -0.4 is 5.32 Å². The Morgan fingerprint density at radius 1 is 1.27 bits per heavy atom. The van der Waals surface area contributed by atoms with Gasteiger partial charge in [-0.15, -0.1) is 0 Å². The van der Waals surface area contributed by atoms with E-state index >= 15 is 0 Å². The van der Waals surface area contributed by atoms with Crippen LogP contribution in [-0.4, -0.2) is 43.5 Å². The summed E-state index contributed by atoms with van der Waals surface area (Å²) in [4.78, 5) is 6.92. The maximum Gasteiger partial charge on any atom is 0.0963 e. The molecule has 1 aliphatic heterocycles. The second-order valence-electron chi connectivity index (χ2n) is 5.11. The number of hydrogen-bond donors (Lipinski definition) is 1. The Bertz CT molecular complexity index is 241. The Morgan fingerprint density at radius 2 is 2.07 bits per heavy atom. The Labute approximate surface area is 92.9 Å². The van der Waals surface area contributed by atoms with Crippen LogP contribution in [0.25, 0.3) is 0 Å². The molecule has 0 saturated heterocycles. The van der Waals surface area contributed by atoms with Crippen LogP contribution in [0.15, 0.2) is 4.99 Å². The molecular formula is C12H23N3. The lowest BCUT2D eigenvalue weighted by Gasteiger charge is -2.47. The van der Waals surface area contributed by atoms with Crippen molar-refractivity contribution in [1.29, 1.82) is 0 Å². The van der Waals surface area contributed by atoms with Gasteiger partial charge in [0.25, 0.3) is 0 Å². The minimum atomic E-state index is 0.417. The van der Waals surface area contributed by atoms with Crippen LogP contribution in [-0.2, 0) is 0 Å². The predicted octanol–water partition coefficient (Wildman–Crippen LogP) is 1.64. The monoisotopic (exact) mass is 209 g/mol. The molecule has 0 unspecified atom stereocenters. The summed E-state index contributed by atoms with van der Waals surface area (Å²) < 4.78 is 0. The highest BCUT2D eigenvalue weighted by atomic mass is 15.2. The van der Waals surface area contributed by atoms with Crippen molar-refractivity contribution in [3.63, 3.8) is 0 Å². The third-order valence-electron chi connectivity index (χ3n) is 3.98. The molecule has 1 aliphatic carbocycles. The number of amidine groups is 1. The number of nitrogens with zero attached hydrogens (tertiary/aromatic N) is 2. The quantitative estimate of drug-likeness (QED) is 0.765. The van der Waals surface area contributed by atoms with Crippen LogP contribution in [0.5, 0.6) is 0 Å². The van der Waals surface area contributed by atoms with Crippen molar-refractivity contribution < 1.29 is 0 Å². The first-order valence-corrected chi connectivity index (χ1v) is 6.18. The molecule has 86 valence electrons. The molecule has 0 radical (unpaired) electrons. The minimum absolute atomic E-state index is 0.417. The smallest absolute Gasteiger partial charge is 0.0963 e. The molecule has 0 bridgehead atoms. The van der Waals surface area contributed by atoms with Crippen molar-refractivity contribution in [3.05, 3.63) is 0 Å². The molecule has 0 aromatic rings. The van der Waals surface area contributed by atoms with E-state index in [-0.39, 0.29) is 0 Å². The second-order valence-corrected chi connectivity index (χ2v) is 5.11. The molecule has 0 amide bonds. The summed E-state index contributed by atoms with van der Waals surface area (Å²) in [6, 6.07) is 0. The van der Waals surface area contributed by atoms with Crippen molar-refractivity contribution in [2.24, 2.45) is 4.99 Å². The molecule has 2 aliphatic rings. The summed E-state index contributed by atoms with van der Waals surface area (Å²) in [6.07, 6.45) is 7.78. The van der Waals surface area contributed by atoms with Gasteiger partial charge in [-0.2, -0.15) is 0 Å². The number of hydrogen-bond acceptors (Lipinski definition) is 3. The molecule has 0 atom stereocenters. The van der Waals surface area contributed by atoms with Crippen LogP contribution in [0.2, 0.25) is 0 Å². The summed E-state index contributed by atoms with van der Waals surface area (Å²) in [7, 11) is 4.40. The lowest BCUT2D eigenvalue weighted by molar-refractivity contribution is 0.0647. The van der Waals surface area contributed by atoms with Crippen LogP contribution in [0.3, 0.4) is 0 Å². The predicted molar refractivity (Wildman–Crippen MR) is 64.4 cm³/mol. The second kappa shape index (κ2) is 4.52. The van der Waals surface area contributed by atoms with Gasteiger partial charge in [0.1, 0.15) is 0 Å². The first-order chi connectivity index (χ1) is 7.23. The topological polar surface area (TPSA) is 27.6 Å². The standard InChI is InChI=1S/C12H23N3/c1-15(2)12(7-5-8-12)10-14-11-6-3-4-9-13-11/h3-10H2,1-2H3,(H,13,14). The van der Waals surface area contributed by atoms with Gasteiger partial charge in [-0.05, 0) is 46.2 Å². The fourth-order valence-corrected chi connectivity index (χ4v) is 2.48. The molecule has 15 heavy (non-hydrogen) atoms. The van der Waals surface area contributed by atoms with E-state index in [0.717, 1.165) is 19.5 Å². The van der Waals surface area contributed by atoms with E-state index < -0.39 is 0 Å². The van der Waals surface area contributed by atoms with Gasteiger partial charge in [-0.3, -0.25) is 4.99 Å². The molecule has 1 N–H and O–H groups in total. The molecule has 3 heteroatoms. The van der Waals surface area contributed by atoms with Crippen LogP contribution in [0, 0.1) is 0 Å². The van der Waals surface area contributed by atoms with Gasteiger partial charge in [0.15, 0.2) is 0 Å². The maximum absolute atomic E-state index is 4.54. The Hall–Kier alpha value is -0.570. The average molecular weight is 209 g/mol. The van der Waals surface area contributed by atoms with E-state index in [4.69, 9.17) is 0 Å². The molecule has 1 saturated carbocycles. The van der Waals surface area contributed by atoms with E-state index in [2.05, 4.69) is 29.3 Å². The molecule has 3 nitrogen and oxygen atoms in total. The zero-order valence-electron chi connectivity index (χ0n) is 10.1. The zero-order valence-corrected chi connectivity index (χ0v) is 10.1. The van der Waals surface area contributed by atoms with Crippen molar-refractivity contribution in [1.82, 2.24) is 10.2 Å². The molecule has 0 aromatic heterocycles. The lowest BCUT2D eigenvalue weighted by Crippen LogP contribution is -2.57. The number of nitrogens with one attached hydrogen (secondary N) is 1. The zero-order chi connectivity index (χ0) is 10.7. The van der Waals surface area contributed by atoms with Crippen LogP contribution in [0.1, 0.15) is 38.5 Å². The van der Waals surface area contributed by atoms with E-state index in [1.807, 2.05) is 0 Å². The summed E-state index contributed by atoms with van der Waals surface area (Å²) in [6.45, 7) is 2.11. The molecule has 1 heterocycles. The van der Waals surface area contributed by atoms with Gasteiger partial charge < -0.3 is 10.2 Å². The summed E-state index contributed by atoms with van der Waals surface area (Å²) in [5.41, 5.74) is 0.417. The summed E-state index contributed by atoms with van der Waals surface area (Å²) in [5, 5.41) is 3.55. The van der Waals surface area contributed by atoms with Crippen molar-refractivity contribution >= 4 is 5.84 Å². The fraction of sp³-hybridized carbons (Fsp3) is 0.917. The highest BCUT2D eigenvalue weighted by Crippen LogP contribution is 2.35. The minimum Gasteiger partial charge on any atom is -0.372 e. The van der Waals surface area contributed by atoms with Crippen molar-refractivity contribution in [2.45, 2.75) is 44.1 Å². The molecule has 0 aromatic carbocycles. The van der Waals surface area contributed by atoms with Gasteiger partial charge in [-0.25, -0.2) is 0 Å². The first-order valence-electron chi connectivity index (χ1n) is 6.18. The normalized spacial score (nSPS) is 24.6. The first kappa shape index (κ1) is 10.9. The van der Waals surface area contributed by atoms with Crippen molar-refractivity contribution in [2.75, 3.05) is 27.2 Å². The van der Waals surface area contributed by atoms with Gasteiger partial charge in [0.2, 0.25) is 0 Å². The Kier molecular flexibility index (Phi) is 3.29. The number of aliphatic imine (C=N–C) groups is 1. The van der Waals surface area contributed by atoms with E-state index in [9.17, 15) is 0 Å². The maximum atomic E-state index is 4.54. The van der Waals surface area contributed by atoms with Gasteiger partial charge in [0.05, 0.1) is 5.84 Å². The summed E-state index contributed by atoms with van der Waals surface area (Å²) in [5.74, 6) is 1.24. The largest absolute Gasteiger partial charge is 0.372 e. The SMILES string of the molecule is CN(C)C1(CNC2=NCCCC2)CCC1.